The Morgan fingerprint density at radius 3 is 2.55 bits per heavy atom. The molecule has 1 aromatic heterocycles. The summed E-state index contributed by atoms with van der Waals surface area (Å²) in [5.74, 6) is 0.794. The molecule has 0 aliphatic carbocycles. The standard InChI is InChI=1S/C24H26ClN5O/c1-29-11-13-30(14-12-29)23-10-9-20(17-27-23)26-16-18-5-4-6-19(15-18)28-24(31)21-7-2-3-8-22(21)25/h2-10,15,17,26H,11-14,16H2,1H3,(H,28,31). The Morgan fingerprint density at radius 2 is 1.81 bits per heavy atom. The van der Waals surface area contributed by atoms with E-state index in [1.165, 1.54) is 0 Å². The first-order valence-corrected chi connectivity index (χ1v) is 10.7. The van der Waals surface area contributed by atoms with E-state index in [0.717, 1.165) is 48.9 Å². The van der Waals surface area contributed by atoms with Crippen molar-refractivity contribution < 1.29 is 4.79 Å². The molecule has 1 aliphatic rings. The smallest absolute Gasteiger partial charge is 0.257 e. The SMILES string of the molecule is CN1CCN(c2ccc(NCc3cccc(NC(=O)c4ccccc4Cl)c3)cn2)CC1. The molecule has 0 unspecified atom stereocenters. The van der Waals surface area contributed by atoms with Crippen LogP contribution >= 0.6 is 11.6 Å². The molecule has 7 heteroatoms. The second-order valence-electron chi connectivity index (χ2n) is 7.68. The number of carbonyl (C=O) groups is 1. The molecule has 0 atom stereocenters. The molecular weight excluding hydrogens is 410 g/mol. The number of hydrogen-bond donors (Lipinski definition) is 2. The van der Waals surface area contributed by atoms with E-state index in [9.17, 15) is 4.79 Å². The van der Waals surface area contributed by atoms with Crippen molar-refractivity contribution in [2.24, 2.45) is 0 Å². The fourth-order valence-electron chi connectivity index (χ4n) is 3.52. The van der Waals surface area contributed by atoms with Crippen LogP contribution in [0.4, 0.5) is 17.2 Å². The Bertz CT molecular complexity index is 1030. The summed E-state index contributed by atoms with van der Waals surface area (Å²) >= 11 is 6.12. The predicted molar refractivity (Wildman–Crippen MR) is 127 cm³/mol. The summed E-state index contributed by atoms with van der Waals surface area (Å²) in [4.78, 5) is 21.7. The van der Waals surface area contributed by atoms with E-state index in [-0.39, 0.29) is 5.91 Å². The van der Waals surface area contributed by atoms with Gasteiger partial charge in [-0.1, -0.05) is 35.9 Å². The van der Waals surface area contributed by atoms with Crippen LogP contribution in [0.3, 0.4) is 0 Å². The maximum atomic E-state index is 12.5. The number of anilines is 3. The normalized spacial score (nSPS) is 14.3. The van der Waals surface area contributed by atoms with Gasteiger partial charge in [0.15, 0.2) is 0 Å². The number of likely N-dealkylation sites (N-methyl/N-ethyl adjacent to an activating group) is 1. The average molecular weight is 436 g/mol. The summed E-state index contributed by atoms with van der Waals surface area (Å²) in [5, 5.41) is 6.74. The van der Waals surface area contributed by atoms with Gasteiger partial charge in [-0.25, -0.2) is 4.98 Å². The fourth-order valence-corrected chi connectivity index (χ4v) is 3.74. The van der Waals surface area contributed by atoms with E-state index in [2.05, 4.69) is 44.6 Å². The summed E-state index contributed by atoms with van der Waals surface area (Å²) in [5.41, 5.74) is 3.20. The van der Waals surface area contributed by atoms with E-state index in [4.69, 9.17) is 11.6 Å². The molecule has 160 valence electrons. The lowest BCUT2D eigenvalue weighted by molar-refractivity contribution is 0.102. The highest BCUT2D eigenvalue weighted by Crippen LogP contribution is 2.19. The largest absolute Gasteiger partial charge is 0.380 e. The van der Waals surface area contributed by atoms with Gasteiger partial charge in [0.25, 0.3) is 5.91 Å². The molecule has 2 N–H and O–H groups in total. The Balaban J connectivity index is 1.34. The quantitative estimate of drug-likeness (QED) is 0.602. The van der Waals surface area contributed by atoms with Crippen molar-refractivity contribution in [3.63, 3.8) is 0 Å². The number of rotatable bonds is 6. The van der Waals surface area contributed by atoms with Crippen molar-refractivity contribution >= 4 is 34.7 Å². The van der Waals surface area contributed by atoms with Crippen molar-refractivity contribution in [1.29, 1.82) is 0 Å². The Labute approximate surface area is 187 Å². The van der Waals surface area contributed by atoms with Crippen LogP contribution in [0.1, 0.15) is 15.9 Å². The number of amides is 1. The molecular formula is C24H26ClN5O. The minimum Gasteiger partial charge on any atom is -0.380 e. The molecule has 2 heterocycles. The van der Waals surface area contributed by atoms with Gasteiger partial charge in [-0.2, -0.15) is 0 Å². The average Bonchev–Trinajstić information content (AvgIpc) is 2.79. The van der Waals surface area contributed by atoms with E-state index >= 15 is 0 Å². The van der Waals surface area contributed by atoms with Gasteiger partial charge in [0, 0.05) is 38.4 Å². The van der Waals surface area contributed by atoms with Gasteiger partial charge in [0.05, 0.1) is 22.5 Å². The maximum Gasteiger partial charge on any atom is 0.257 e. The van der Waals surface area contributed by atoms with Crippen LogP contribution in [-0.2, 0) is 6.54 Å². The molecule has 1 amide bonds. The zero-order valence-corrected chi connectivity index (χ0v) is 18.3. The number of aromatic nitrogens is 1. The predicted octanol–water partition coefficient (Wildman–Crippen LogP) is 4.35. The first-order chi connectivity index (χ1) is 15.1. The summed E-state index contributed by atoms with van der Waals surface area (Å²) < 4.78 is 0. The number of piperazine rings is 1. The lowest BCUT2D eigenvalue weighted by Crippen LogP contribution is -2.44. The van der Waals surface area contributed by atoms with Gasteiger partial charge in [0.1, 0.15) is 5.82 Å². The van der Waals surface area contributed by atoms with E-state index in [1.54, 1.807) is 24.3 Å². The molecule has 0 bridgehead atoms. The molecule has 2 aromatic carbocycles. The van der Waals surface area contributed by atoms with Crippen LogP contribution in [0.25, 0.3) is 0 Å². The van der Waals surface area contributed by atoms with E-state index in [1.807, 2.05) is 30.5 Å². The summed E-state index contributed by atoms with van der Waals surface area (Å²) in [6, 6.07) is 18.9. The second kappa shape index (κ2) is 9.81. The molecule has 3 aromatic rings. The number of benzene rings is 2. The topological polar surface area (TPSA) is 60.5 Å². The molecule has 1 aliphatic heterocycles. The number of halogens is 1. The lowest BCUT2D eigenvalue weighted by atomic mass is 10.1. The van der Waals surface area contributed by atoms with Crippen LogP contribution < -0.4 is 15.5 Å². The minimum absolute atomic E-state index is 0.223. The lowest BCUT2D eigenvalue weighted by Gasteiger charge is -2.33. The monoisotopic (exact) mass is 435 g/mol. The summed E-state index contributed by atoms with van der Waals surface area (Å²) in [6.45, 7) is 4.76. The Kier molecular flexibility index (Phi) is 6.70. The van der Waals surface area contributed by atoms with Gasteiger partial charge < -0.3 is 20.4 Å². The molecule has 0 radical (unpaired) electrons. The second-order valence-corrected chi connectivity index (χ2v) is 8.09. The third kappa shape index (κ3) is 5.54. The van der Waals surface area contributed by atoms with Crippen LogP contribution in [-0.4, -0.2) is 49.0 Å². The highest BCUT2D eigenvalue weighted by Gasteiger charge is 2.15. The number of nitrogens with one attached hydrogen (secondary N) is 2. The van der Waals surface area contributed by atoms with Gasteiger partial charge in [0.2, 0.25) is 0 Å². The van der Waals surface area contributed by atoms with Gasteiger partial charge in [-0.3, -0.25) is 4.79 Å². The zero-order chi connectivity index (χ0) is 21.6. The van der Waals surface area contributed by atoms with Gasteiger partial charge >= 0.3 is 0 Å². The first kappa shape index (κ1) is 21.2. The van der Waals surface area contributed by atoms with Crippen LogP contribution in [0, 0.1) is 0 Å². The van der Waals surface area contributed by atoms with Crippen LogP contribution in [0.2, 0.25) is 5.02 Å². The van der Waals surface area contributed by atoms with Crippen molar-refractivity contribution in [1.82, 2.24) is 9.88 Å². The fraction of sp³-hybridized carbons (Fsp3) is 0.250. The molecule has 0 spiro atoms. The highest BCUT2D eigenvalue weighted by molar-refractivity contribution is 6.34. The Hall–Kier alpha value is -3.09. The number of hydrogen-bond acceptors (Lipinski definition) is 5. The van der Waals surface area contributed by atoms with Gasteiger partial charge in [-0.05, 0) is 49.0 Å². The zero-order valence-electron chi connectivity index (χ0n) is 17.5. The summed E-state index contributed by atoms with van der Waals surface area (Å²) in [7, 11) is 2.15. The molecule has 0 saturated carbocycles. The number of nitrogens with zero attached hydrogens (tertiary/aromatic N) is 3. The highest BCUT2D eigenvalue weighted by atomic mass is 35.5. The van der Waals surface area contributed by atoms with Crippen molar-refractivity contribution in [2.75, 3.05) is 48.8 Å². The van der Waals surface area contributed by atoms with Crippen molar-refractivity contribution in [2.45, 2.75) is 6.54 Å². The minimum atomic E-state index is -0.223. The molecule has 31 heavy (non-hydrogen) atoms. The summed E-state index contributed by atoms with van der Waals surface area (Å²) in [6.07, 6.45) is 1.87. The third-order valence-corrected chi connectivity index (χ3v) is 5.70. The Morgan fingerprint density at radius 1 is 1.00 bits per heavy atom. The first-order valence-electron chi connectivity index (χ1n) is 10.4. The number of carbonyl (C=O) groups excluding carboxylic acids is 1. The van der Waals surface area contributed by atoms with Crippen molar-refractivity contribution in [3.05, 3.63) is 83.0 Å². The van der Waals surface area contributed by atoms with E-state index in [0.29, 0.717) is 17.1 Å². The van der Waals surface area contributed by atoms with Gasteiger partial charge in [-0.15, -0.1) is 0 Å². The molecule has 1 saturated heterocycles. The molecule has 4 rings (SSSR count). The van der Waals surface area contributed by atoms with Crippen LogP contribution in [0.15, 0.2) is 66.9 Å². The maximum absolute atomic E-state index is 12.5. The molecule has 1 fully saturated rings. The molecule has 6 nitrogen and oxygen atoms in total. The van der Waals surface area contributed by atoms with E-state index < -0.39 is 0 Å². The van der Waals surface area contributed by atoms with Crippen molar-refractivity contribution in [3.8, 4) is 0 Å². The number of pyridine rings is 1. The van der Waals surface area contributed by atoms with Crippen LogP contribution in [0.5, 0.6) is 0 Å². The third-order valence-electron chi connectivity index (χ3n) is 5.38.